The van der Waals surface area contributed by atoms with Crippen LogP contribution in [-0.4, -0.2) is 70.3 Å². The van der Waals surface area contributed by atoms with Gasteiger partial charge in [0, 0.05) is 37.8 Å². The summed E-state index contributed by atoms with van der Waals surface area (Å²) in [7, 11) is 1.58. The number of hydrogen-bond acceptors (Lipinski definition) is 5. The van der Waals surface area contributed by atoms with Crippen LogP contribution in [-0.2, 0) is 0 Å². The molecule has 1 aliphatic rings. The summed E-state index contributed by atoms with van der Waals surface area (Å²) in [5.41, 5.74) is 3.07. The number of amides is 1. The lowest BCUT2D eigenvalue weighted by atomic mass is 10.1. The maximum absolute atomic E-state index is 13.1. The van der Waals surface area contributed by atoms with Gasteiger partial charge in [0.1, 0.15) is 0 Å². The number of carbonyl (C=O) groups is 1. The van der Waals surface area contributed by atoms with E-state index in [9.17, 15) is 4.79 Å². The minimum absolute atomic E-state index is 0. The lowest BCUT2D eigenvalue weighted by Crippen LogP contribution is -2.48. The molecule has 0 aliphatic carbocycles. The molecule has 1 amide bonds. The molecule has 30 heavy (non-hydrogen) atoms. The van der Waals surface area contributed by atoms with Gasteiger partial charge in [-0.25, -0.2) is 9.67 Å². The number of piperazine rings is 1. The summed E-state index contributed by atoms with van der Waals surface area (Å²) < 4.78 is 6.93. The number of methoxy groups -OCH3 is 1. The lowest BCUT2D eigenvalue weighted by Gasteiger charge is -2.33. The van der Waals surface area contributed by atoms with E-state index in [1.54, 1.807) is 24.1 Å². The van der Waals surface area contributed by atoms with Gasteiger partial charge in [-0.1, -0.05) is 37.3 Å². The molecule has 0 bridgehead atoms. The summed E-state index contributed by atoms with van der Waals surface area (Å²) in [6, 6.07) is 15.5. The van der Waals surface area contributed by atoms with E-state index in [4.69, 9.17) is 4.74 Å². The van der Waals surface area contributed by atoms with Crippen molar-refractivity contribution in [2.45, 2.75) is 6.92 Å². The minimum atomic E-state index is -0.0295. The molecule has 8 heteroatoms. The van der Waals surface area contributed by atoms with Crippen molar-refractivity contribution in [3.8, 4) is 22.8 Å². The molecule has 0 atom stereocenters. The second-order valence-electron chi connectivity index (χ2n) is 6.98. The number of nitrogens with zero attached hydrogens (tertiary/aromatic N) is 5. The minimum Gasteiger partial charge on any atom is -0.481 e. The maximum Gasteiger partial charge on any atom is 0.274 e. The highest BCUT2D eigenvalue weighted by atomic mass is 35.5. The highest BCUT2D eigenvalue weighted by Crippen LogP contribution is 2.25. The first kappa shape index (κ1) is 21.8. The Kier molecular flexibility index (Phi) is 7.07. The van der Waals surface area contributed by atoms with Crippen molar-refractivity contribution in [1.82, 2.24) is 24.6 Å². The first-order valence-corrected chi connectivity index (χ1v) is 9.87. The topological polar surface area (TPSA) is 63.5 Å². The average Bonchev–Trinajstić information content (AvgIpc) is 3.25. The highest BCUT2D eigenvalue weighted by molar-refractivity contribution is 5.93. The Labute approximate surface area is 182 Å². The van der Waals surface area contributed by atoms with Gasteiger partial charge in [0.05, 0.1) is 24.7 Å². The molecule has 3 heterocycles. The molecule has 158 valence electrons. The van der Waals surface area contributed by atoms with Gasteiger partial charge >= 0.3 is 0 Å². The number of benzene rings is 1. The van der Waals surface area contributed by atoms with Crippen molar-refractivity contribution in [2.75, 3.05) is 39.8 Å². The Morgan fingerprint density at radius 3 is 2.40 bits per heavy atom. The Hall–Kier alpha value is -2.90. The number of ether oxygens (including phenoxy) is 1. The van der Waals surface area contributed by atoms with Crippen LogP contribution in [0, 0.1) is 0 Å². The predicted octanol–water partition coefficient (Wildman–Crippen LogP) is 3.14. The van der Waals surface area contributed by atoms with Crippen molar-refractivity contribution < 1.29 is 9.53 Å². The third-order valence-corrected chi connectivity index (χ3v) is 5.28. The van der Waals surface area contributed by atoms with E-state index < -0.39 is 0 Å². The van der Waals surface area contributed by atoms with Crippen LogP contribution >= 0.6 is 12.4 Å². The molecule has 0 spiro atoms. The summed E-state index contributed by atoms with van der Waals surface area (Å²) in [6.45, 7) is 6.41. The second kappa shape index (κ2) is 9.73. The van der Waals surface area contributed by atoms with Gasteiger partial charge in [-0.2, -0.15) is 5.10 Å². The Morgan fingerprint density at radius 2 is 1.80 bits per heavy atom. The van der Waals surface area contributed by atoms with Gasteiger partial charge in [0.25, 0.3) is 5.91 Å². The largest absolute Gasteiger partial charge is 0.481 e. The van der Waals surface area contributed by atoms with E-state index >= 15 is 0 Å². The van der Waals surface area contributed by atoms with Crippen molar-refractivity contribution >= 4 is 18.3 Å². The van der Waals surface area contributed by atoms with E-state index in [0.717, 1.165) is 49.7 Å². The molecular formula is C22H26ClN5O2. The van der Waals surface area contributed by atoms with Gasteiger partial charge in [-0.05, 0) is 18.7 Å². The molecule has 0 N–H and O–H groups in total. The molecule has 1 aliphatic heterocycles. The van der Waals surface area contributed by atoms with E-state index in [0.29, 0.717) is 11.6 Å². The monoisotopic (exact) mass is 427 g/mol. The molecule has 1 aromatic carbocycles. The van der Waals surface area contributed by atoms with Gasteiger partial charge in [0.2, 0.25) is 5.88 Å². The van der Waals surface area contributed by atoms with E-state index in [1.165, 1.54) is 0 Å². The molecule has 4 rings (SSSR count). The molecule has 1 fully saturated rings. The van der Waals surface area contributed by atoms with Crippen molar-refractivity contribution in [3.63, 3.8) is 0 Å². The van der Waals surface area contributed by atoms with Gasteiger partial charge < -0.3 is 14.5 Å². The SMILES string of the molecule is CCN1CCN(C(=O)c2cc(-c3ccccc3)n(-c3ccc(OC)nc3)n2)CC1.Cl. The van der Waals surface area contributed by atoms with Gasteiger partial charge in [-0.15, -0.1) is 12.4 Å². The van der Waals surface area contributed by atoms with Crippen LogP contribution in [0.25, 0.3) is 16.9 Å². The third-order valence-electron chi connectivity index (χ3n) is 5.28. The molecule has 3 aromatic rings. The van der Waals surface area contributed by atoms with Gasteiger partial charge in [0.15, 0.2) is 5.69 Å². The molecule has 0 unspecified atom stereocenters. The highest BCUT2D eigenvalue weighted by Gasteiger charge is 2.25. The molecule has 0 radical (unpaired) electrons. The number of halogens is 1. The molecule has 2 aromatic heterocycles. The predicted molar refractivity (Wildman–Crippen MR) is 119 cm³/mol. The zero-order valence-corrected chi connectivity index (χ0v) is 18.0. The first-order chi connectivity index (χ1) is 14.2. The number of aromatic nitrogens is 3. The smallest absolute Gasteiger partial charge is 0.274 e. The zero-order chi connectivity index (χ0) is 20.2. The van der Waals surface area contributed by atoms with E-state index in [1.807, 2.05) is 47.4 Å². The Balaban J connectivity index is 0.00000256. The Morgan fingerprint density at radius 1 is 1.07 bits per heavy atom. The second-order valence-corrected chi connectivity index (χ2v) is 6.98. The Bertz CT molecular complexity index is 967. The third kappa shape index (κ3) is 4.47. The molecular weight excluding hydrogens is 402 g/mol. The number of rotatable bonds is 5. The van der Waals surface area contributed by atoms with Crippen LogP contribution in [0.2, 0.25) is 0 Å². The number of hydrogen-bond donors (Lipinski definition) is 0. The molecule has 0 saturated carbocycles. The van der Waals surface area contributed by atoms with Crippen LogP contribution in [0.15, 0.2) is 54.7 Å². The van der Waals surface area contributed by atoms with E-state index in [2.05, 4.69) is 21.9 Å². The van der Waals surface area contributed by atoms with Crippen LogP contribution in [0.1, 0.15) is 17.4 Å². The zero-order valence-electron chi connectivity index (χ0n) is 17.2. The fourth-order valence-electron chi connectivity index (χ4n) is 3.54. The quantitative estimate of drug-likeness (QED) is 0.626. The number of pyridine rings is 1. The summed E-state index contributed by atoms with van der Waals surface area (Å²) in [4.78, 5) is 21.6. The van der Waals surface area contributed by atoms with Gasteiger partial charge in [-0.3, -0.25) is 4.79 Å². The van der Waals surface area contributed by atoms with Crippen molar-refractivity contribution in [2.24, 2.45) is 0 Å². The molecule has 1 saturated heterocycles. The summed E-state index contributed by atoms with van der Waals surface area (Å²) in [5, 5.41) is 4.66. The van der Waals surface area contributed by atoms with Crippen LogP contribution in [0.4, 0.5) is 0 Å². The van der Waals surface area contributed by atoms with Crippen molar-refractivity contribution in [1.29, 1.82) is 0 Å². The fraction of sp³-hybridized carbons (Fsp3) is 0.318. The number of likely N-dealkylation sites (N-methyl/N-ethyl adjacent to an activating group) is 1. The lowest BCUT2D eigenvalue weighted by molar-refractivity contribution is 0.0637. The standard InChI is InChI=1S/C22H25N5O2.ClH/c1-3-25-11-13-26(14-12-25)22(28)19-15-20(17-7-5-4-6-8-17)27(24-19)18-9-10-21(29-2)23-16-18;/h4-10,15-16H,3,11-14H2,1-2H3;1H. The van der Waals surface area contributed by atoms with Crippen LogP contribution < -0.4 is 4.74 Å². The first-order valence-electron chi connectivity index (χ1n) is 9.87. The summed E-state index contributed by atoms with van der Waals surface area (Å²) in [5.74, 6) is 0.505. The fourth-order valence-corrected chi connectivity index (χ4v) is 3.54. The van der Waals surface area contributed by atoms with Crippen LogP contribution in [0.5, 0.6) is 5.88 Å². The summed E-state index contributed by atoms with van der Waals surface area (Å²) in [6.07, 6.45) is 1.70. The van der Waals surface area contributed by atoms with E-state index in [-0.39, 0.29) is 18.3 Å². The van der Waals surface area contributed by atoms with Crippen LogP contribution in [0.3, 0.4) is 0 Å². The number of carbonyl (C=O) groups excluding carboxylic acids is 1. The van der Waals surface area contributed by atoms with Crippen molar-refractivity contribution in [3.05, 3.63) is 60.4 Å². The normalized spacial score (nSPS) is 14.3. The maximum atomic E-state index is 13.1. The summed E-state index contributed by atoms with van der Waals surface area (Å²) >= 11 is 0. The average molecular weight is 428 g/mol. The molecule has 7 nitrogen and oxygen atoms in total.